The fourth-order valence-electron chi connectivity index (χ4n) is 3.27. The van der Waals surface area contributed by atoms with E-state index in [0.29, 0.717) is 23.9 Å². The van der Waals surface area contributed by atoms with E-state index in [1.165, 1.54) is 6.08 Å². The second kappa shape index (κ2) is 10.2. The van der Waals surface area contributed by atoms with Gasteiger partial charge in [0.25, 0.3) is 0 Å². The molecule has 0 N–H and O–H groups in total. The molecule has 4 nitrogen and oxygen atoms in total. The molecule has 0 spiro atoms. The Morgan fingerprint density at radius 3 is 2.31 bits per heavy atom. The third-order valence-corrected chi connectivity index (χ3v) is 4.99. The average Bonchev–Trinajstić information content (AvgIpc) is 2.77. The van der Waals surface area contributed by atoms with Crippen LogP contribution in [0.5, 0.6) is 17.2 Å². The first kappa shape index (κ1) is 23.1. The van der Waals surface area contributed by atoms with E-state index in [-0.39, 0.29) is 5.41 Å². The Balaban J connectivity index is 1.69. The van der Waals surface area contributed by atoms with Crippen LogP contribution in [0.3, 0.4) is 0 Å². The summed E-state index contributed by atoms with van der Waals surface area (Å²) in [5.74, 6) is 1.40. The van der Waals surface area contributed by atoms with Crippen LogP contribution in [-0.2, 0) is 16.8 Å². The number of methoxy groups -OCH3 is 1. The zero-order chi connectivity index (χ0) is 23.1. The molecule has 3 aromatic rings. The molecule has 0 heterocycles. The summed E-state index contributed by atoms with van der Waals surface area (Å²) < 4.78 is 17.0. The van der Waals surface area contributed by atoms with Crippen molar-refractivity contribution in [1.29, 1.82) is 0 Å². The molecule has 0 radical (unpaired) electrons. The van der Waals surface area contributed by atoms with Gasteiger partial charge in [0, 0.05) is 11.6 Å². The molecule has 32 heavy (non-hydrogen) atoms. The van der Waals surface area contributed by atoms with Gasteiger partial charge in [0.1, 0.15) is 12.4 Å². The number of aryl methyl sites for hydroxylation is 1. The smallest absolute Gasteiger partial charge is 0.336 e. The maximum Gasteiger partial charge on any atom is 0.336 e. The van der Waals surface area contributed by atoms with E-state index >= 15 is 0 Å². The molecular weight excluding hydrogens is 400 g/mol. The number of carbonyl (C=O) groups is 1. The molecule has 4 heteroatoms. The monoisotopic (exact) mass is 430 g/mol. The van der Waals surface area contributed by atoms with Crippen molar-refractivity contribution in [2.24, 2.45) is 0 Å². The summed E-state index contributed by atoms with van der Waals surface area (Å²) in [5, 5.41) is 0. The van der Waals surface area contributed by atoms with Crippen molar-refractivity contribution in [3.8, 4) is 17.2 Å². The molecule has 0 aromatic heterocycles. The minimum Gasteiger partial charge on any atom is -0.493 e. The summed E-state index contributed by atoms with van der Waals surface area (Å²) in [4.78, 5) is 12.5. The number of esters is 1. The van der Waals surface area contributed by atoms with E-state index < -0.39 is 5.97 Å². The topological polar surface area (TPSA) is 44.8 Å². The zero-order valence-electron chi connectivity index (χ0n) is 19.3. The molecule has 0 amide bonds. The lowest BCUT2D eigenvalue weighted by atomic mass is 9.85. The summed E-state index contributed by atoms with van der Waals surface area (Å²) >= 11 is 0. The van der Waals surface area contributed by atoms with Crippen LogP contribution in [0.4, 0.5) is 0 Å². The molecule has 0 bridgehead atoms. The van der Waals surface area contributed by atoms with Gasteiger partial charge in [0.05, 0.1) is 7.11 Å². The van der Waals surface area contributed by atoms with Crippen LogP contribution in [-0.4, -0.2) is 13.1 Å². The molecule has 0 unspecified atom stereocenters. The number of rotatable bonds is 7. The van der Waals surface area contributed by atoms with Crippen LogP contribution in [0.1, 0.15) is 43.0 Å². The number of benzene rings is 3. The molecule has 0 aliphatic rings. The number of hydrogen-bond donors (Lipinski definition) is 0. The fraction of sp³-hybridized carbons (Fsp3) is 0.250. The number of carbonyl (C=O) groups excluding carboxylic acids is 1. The van der Waals surface area contributed by atoms with Crippen molar-refractivity contribution < 1.29 is 19.0 Å². The van der Waals surface area contributed by atoms with Gasteiger partial charge in [-0.3, -0.25) is 0 Å². The van der Waals surface area contributed by atoms with E-state index in [1.54, 1.807) is 13.2 Å². The van der Waals surface area contributed by atoms with Crippen LogP contribution in [0.25, 0.3) is 6.08 Å². The predicted octanol–water partition coefficient (Wildman–Crippen LogP) is 6.50. The van der Waals surface area contributed by atoms with Gasteiger partial charge in [-0.25, -0.2) is 4.79 Å². The van der Waals surface area contributed by atoms with Crippen molar-refractivity contribution >= 4 is 12.0 Å². The summed E-state index contributed by atoms with van der Waals surface area (Å²) in [7, 11) is 1.60. The average molecular weight is 431 g/mol. The van der Waals surface area contributed by atoms with Crippen LogP contribution in [0.15, 0.2) is 72.8 Å². The van der Waals surface area contributed by atoms with Crippen molar-refractivity contribution in [3.05, 3.63) is 95.1 Å². The van der Waals surface area contributed by atoms with Gasteiger partial charge in [-0.2, -0.15) is 0 Å². The second-order valence-electron chi connectivity index (χ2n) is 8.69. The van der Waals surface area contributed by atoms with Gasteiger partial charge in [-0.05, 0) is 47.7 Å². The van der Waals surface area contributed by atoms with Gasteiger partial charge in [0.15, 0.2) is 11.5 Å². The molecule has 3 rings (SSSR count). The van der Waals surface area contributed by atoms with Crippen LogP contribution in [0, 0.1) is 6.92 Å². The Labute approximate surface area is 190 Å². The molecule has 0 aliphatic heterocycles. The molecule has 0 aliphatic carbocycles. The fourth-order valence-corrected chi connectivity index (χ4v) is 3.27. The maximum absolute atomic E-state index is 12.5. The highest BCUT2D eigenvalue weighted by atomic mass is 16.5. The second-order valence-corrected chi connectivity index (χ2v) is 8.69. The van der Waals surface area contributed by atoms with Gasteiger partial charge < -0.3 is 14.2 Å². The Hall–Kier alpha value is -3.53. The number of hydrogen-bond acceptors (Lipinski definition) is 4. The van der Waals surface area contributed by atoms with Crippen molar-refractivity contribution in [3.63, 3.8) is 0 Å². The Morgan fingerprint density at radius 2 is 1.62 bits per heavy atom. The van der Waals surface area contributed by atoms with E-state index in [1.807, 2.05) is 67.6 Å². The molecule has 0 saturated carbocycles. The third-order valence-electron chi connectivity index (χ3n) is 4.99. The Morgan fingerprint density at radius 1 is 0.906 bits per heavy atom. The van der Waals surface area contributed by atoms with Crippen molar-refractivity contribution in [1.82, 2.24) is 0 Å². The third kappa shape index (κ3) is 6.24. The summed E-state index contributed by atoms with van der Waals surface area (Å²) in [6, 6.07) is 21.3. The summed E-state index contributed by atoms with van der Waals surface area (Å²) in [6.45, 7) is 8.78. The minimum atomic E-state index is -0.428. The van der Waals surface area contributed by atoms with Crippen LogP contribution < -0.4 is 14.2 Å². The first-order valence-corrected chi connectivity index (χ1v) is 10.6. The highest BCUT2D eigenvalue weighted by Crippen LogP contribution is 2.32. The first-order valence-electron chi connectivity index (χ1n) is 10.6. The van der Waals surface area contributed by atoms with Crippen LogP contribution >= 0.6 is 0 Å². The largest absolute Gasteiger partial charge is 0.493 e. The molecule has 166 valence electrons. The molecule has 0 saturated heterocycles. The summed E-state index contributed by atoms with van der Waals surface area (Å²) in [5.41, 5.74) is 3.89. The first-order chi connectivity index (χ1) is 15.3. The lowest BCUT2D eigenvalue weighted by Gasteiger charge is -2.22. The SMILES string of the molecule is COc1cc(/C=C/C(=O)Oc2ccc(C)cc2C(C)(C)C)ccc1OCc1ccccc1. The van der Waals surface area contributed by atoms with E-state index in [2.05, 4.69) is 26.8 Å². The van der Waals surface area contributed by atoms with Gasteiger partial charge >= 0.3 is 5.97 Å². The minimum absolute atomic E-state index is 0.131. The van der Waals surface area contributed by atoms with Crippen LogP contribution in [0.2, 0.25) is 0 Å². The van der Waals surface area contributed by atoms with E-state index in [9.17, 15) is 4.79 Å². The lowest BCUT2D eigenvalue weighted by molar-refractivity contribution is -0.129. The lowest BCUT2D eigenvalue weighted by Crippen LogP contribution is -2.15. The number of ether oxygens (including phenoxy) is 3. The van der Waals surface area contributed by atoms with Gasteiger partial charge in [-0.1, -0.05) is 74.9 Å². The van der Waals surface area contributed by atoms with Gasteiger partial charge in [-0.15, -0.1) is 0 Å². The standard InChI is InChI=1S/C28H30O4/c1-20-11-14-24(23(17-20)28(2,3)4)32-27(29)16-13-21-12-15-25(26(18-21)30-5)31-19-22-9-7-6-8-10-22/h6-18H,19H2,1-5H3/b16-13+. The Kier molecular flexibility index (Phi) is 7.37. The Bertz CT molecular complexity index is 1090. The van der Waals surface area contributed by atoms with E-state index in [0.717, 1.165) is 22.3 Å². The molecule has 0 atom stereocenters. The highest BCUT2D eigenvalue weighted by molar-refractivity contribution is 5.89. The highest BCUT2D eigenvalue weighted by Gasteiger charge is 2.20. The van der Waals surface area contributed by atoms with Gasteiger partial charge in [0.2, 0.25) is 0 Å². The normalized spacial score (nSPS) is 11.4. The van der Waals surface area contributed by atoms with Crippen molar-refractivity contribution in [2.75, 3.05) is 7.11 Å². The summed E-state index contributed by atoms with van der Waals surface area (Å²) in [6.07, 6.45) is 3.13. The zero-order valence-corrected chi connectivity index (χ0v) is 19.3. The molecule has 0 fully saturated rings. The van der Waals surface area contributed by atoms with E-state index in [4.69, 9.17) is 14.2 Å². The molecule has 3 aromatic carbocycles. The quantitative estimate of drug-likeness (QED) is 0.244. The van der Waals surface area contributed by atoms with Crippen molar-refractivity contribution in [2.45, 2.75) is 39.7 Å². The maximum atomic E-state index is 12.5. The molecular formula is C28H30O4. The predicted molar refractivity (Wildman–Crippen MR) is 128 cm³/mol.